The van der Waals surface area contributed by atoms with Gasteiger partial charge in [0.15, 0.2) is 0 Å². The van der Waals surface area contributed by atoms with Crippen LogP contribution in [0.15, 0.2) is 0 Å². The van der Waals surface area contributed by atoms with Gasteiger partial charge in [0, 0.05) is 13.0 Å². The smallest absolute Gasteiger partial charge is 0.245 e. The monoisotopic (exact) mass is 1080 g/mol. The molecule has 0 aromatic rings. The average Bonchev–Trinajstić information content (AvgIpc) is 3.31. The molecule has 0 saturated carbocycles. The Labute approximate surface area is 450 Å². The van der Waals surface area contributed by atoms with Gasteiger partial charge in [0.1, 0.15) is 34.7 Å². The lowest BCUT2D eigenvalue weighted by molar-refractivity contribution is -0.136. The minimum Gasteiger partial charge on any atom is -0.396 e. The minimum atomic E-state index is -1.61. The van der Waals surface area contributed by atoms with E-state index in [9.17, 15) is 57.8 Å². The third-order valence-corrected chi connectivity index (χ3v) is 12.1. The van der Waals surface area contributed by atoms with Crippen LogP contribution in [0.5, 0.6) is 0 Å². The molecule has 0 aliphatic carbocycles. The van der Waals surface area contributed by atoms with Crippen LogP contribution in [0.2, 0.25) is 0 Å². The molecule has 76 heavy (non-hydrogen) atoms. The number of amides is 11. The van der Waals surface area contributed by atoms with E-state index in [0.29, 0.717) is 25.7 Å². The Kier molecular flexibility index (Phi) is 32.0. The van der Waals surface area contributed by atoms with Gasteiger partial charge in [0.05, 0.1) is 38.8 Å². The van der Waals surface area contributed by atoms with Crippen molar-refractivity contribution in [2.24, 2.45) is 23.7 Å². The van der Waals surface area contributed by atoms with Gasteiger partial charge in [0.2, 0.25) is 65.0 Å². The van der Waals surface area contributed by atoms with Gasteiger partial charge in [-0.1, -0.05) is 81.1 Å². The third kappa shape index (κ3) is 28.8. The van der Waals surface area contributed by atoms with Gasteiger partial charge in [0.25, 0.3) is 0 Å². The second-order valence-corrected chi connectivity index (χ2v) is 22.4. The highest BCUT2D eigenvalue weighted by Gasteiger charge is 2.36. The Morgan fingerprint density at radius 3 is 1.21 bits per heavy atom. The van der Waals surface area contributed by atoms with Crippen molar-refractivity contribution >= 4 is 65.0 Å². The maximum absolute atomic E-state index is 13.5. The van der Waals surface area contributed by atoms with Crippen molar-refractivity contribution in [3.63, 3.8) is 0 Å². The first-order chi connectivity index (χ1) is 35.2. The molecule has 0 unspecified atom stereocenters. The van der Waals surface area contributed by atoms with Gasteiger partial charge in [-0.3, -0.25) is 52.7 Å². The molecule has 11 amide bonds. The molecule has 0 saturated heterocycles. The zero-order valence-electron chi connectivity index (χ0n) is 47.8. The second-order valence-electron chi connectivity index (χ2n) is 22.4. The lowest BCUT2D eigenvalue weighted by atomic mass is 9.97. The molecule has 24 heteroatoms. The molecule has 0 aliphatic rings. The van der Waals surface area contributed by atoms with E-state index in [1.54, 1.807) is 20.8 Å². The molecular formula is C52H95N11O13. The molecule has 0 aliphatic heterocycles. The predicted molar refractivity (Wildman–Crippen MR) is 286 cm³/mol. The van der Waals surface area contributed by atoms with Crippen molar-refractivity contribution in [1.82, 2.24) is 58.5 Å². The van der Waals surface area contributed by atoms with E-state index in [1.807, 2.05) is 34.6 Å². The summed E-state index contributed by atoms with van der Waals surface area (Å²) in [5.74, 6) is -7.54. The second kappa shape index (κ2) is 34.7. The topological polar surface area (TPSA) is 361 Å². The van der Waals surface area contributed by atoms with Gasteiger partial charge in [-0.15, -0.1) is 0 Å². The van der Waals surface area contributed by atoms with Crippen molar-refractivity contribution in [1.29, 1.82) is 0 Å². The zero-order chi connectivity index (χ0) is 58.6. The van der Waals surface area contributed by atoms with E-state index in [1.165, 1.54) is 41.5 Å². The first-order valence-corrected chi connectivity index (χ1v) is 26.7. The van der Waals surface area contributed by atoms with Crippen molar-refractivity contribution in [3.8, 4) is 0 Å². The number of hydrogen-bond acceptors (Lipinski definition) is 13. The molecule has 0 fully saturated rings. The lowest BCUT2D eigenvalue weighted by Gasteiger charge is -2.29. The molecule has 0 radical (unpaired) electrons. The SMILES string of the molecule is CC[C@H](C)[C@H](NC(=O)CNC(=O)C(C)(C)NC(=O)[C@H](CC(C)C)NC(=O)CNC(=O)CNC(=O)C(C)(C)NC(=O)[C@H](CC(C)C)NC(=O)CNC(=O)C(C)(C)NC(=O)CCCCCCCO)C(=O)N[C@H](CO)CC(C)C. The molecule has 436 valence electrons. The van der Waals surface area contributed by atoms with Gasteiger partial charge < -0.3 is 68.7 Å². The first-order valence-electron chi connectivity index (χ1n) is 26.7. The highest BCUT2D eigenvalue weighted by molar-refractivity contribution is 5.98. The van der Waals surface area contributed by atoms with Crippen LogP contribution in [0.25, 0.3) is 0 Å². The zero-order valence-corrected chi connectivity index (χ0v) is 47.8. The Bertz CT molecular complexity index is 1940. The van der Waals surface area contributed by atoms with Crippen molar-refractivity contribution < 1.29 is 63.0 Å². The van der Waals surface area contributed by atoms with Gasteiger partial charge in [-0.2, -0.15) is 0 Å². The fraction of sp³-hybridized carbons (Fsp3) is 0.788. The number of carbonyl (C=O) groups is 11. The number of aliphatic hydroxyl groups excluding tert-OH is 2. The largest absolute Gasteiger partial charge is 0.396 e. The number of aliphatic hydroxyl groups is 2. The summed E-state index contributed by atoms with van der Waals surface area (Å²) in [6.45, 7) is 21.0. The third-order valence-electron chi connectivity index (χ3n) is 12.1. The van der Waals surface area contributed by atoms with Crippen LogP contribution in [0.4, 0.5) is 0 Å². The summed E-state index contributed by atoms with van der Waals surface area (Å²) in [6, 6.07) is -3.71. The van der Waals surface area contributed by atoms with Gasteiger partial charge in [-0.05, 0) is 97.3 Å². The molecule has 0 spiro atoms. The maximum atomic E-state index is 13.5. The molecule has 0 aromatic heterocycles. The Morgan fingerprint density at radius 1 is 0.421 bits per heavy atom. The summed E-state index contributed by atoms with van der Waals surface area (Å²) >= 11 is 0. The summed E-state index contributed by atoms with van der Waals surface area (Å²) in [7, 11) is 0. The van der Waals surface area contributed by atoms with Gasteiger partial charge in [-0.25, -0.2) is 0 Å². The molecule has 0 aromatic carbocycles. The van der Waals surface area contributed by atoms with Crippen molar-refractivity contribution in [3.05, 3.63) is 0 Å². The highest BCUT2D eigenvalue weighted by atomic mass is 16.3. The summed E-state index contributed by atoms with van der Waals surface area (Å²) in [5.41, 5.74) is -4.53. The molecule has 0 rings (SSSR count). The molecule has 5 atom stereocenters. The fourth-order valence-electron chi connectivity index (χ4n) is 7.55. The predicted octanol–water partition coefficient (Wildman–Crippen LogP) is -0.416. The van der Waals surface area contributed by atoms with E-state index in [-0.39, 0.29) is 62.1 Å². The van der Waals surface area contributed by atoms with Crippen molar-refractivity contribution in [2.45, 2.75) is 202 Å². The van der Waals surface area contributed by atoms with Crippen LogP contribution in [-0.2, 0) is 52.7 Å². The quantitative estimate of drug-likeness (QED) is 0.0352. The van der Waals surface area contributed by atoms with Crippen LogP contribution in [0.3, 0.4) is 0 Å². The fourth-order valence-corrected chi connectivity index (χ4v) is 7.55. The summed E-state index contributed by atoms with van der Waals surface area (Å²) in [4.78, 5) is 144. The van der Waals surface area contributed by atoms with E-state index in [2.05, 4.69) is 58.5 Å². The minimum absolute atomic E-state index is 0.0913. The first kappa shape index (κ1) is 70.1. The summed E-state index contributed by atoms with van der Waals surface area (Å²) < 4.78 is 0. The Morgan fingerprint density at radius 2 is 0.803 bits per heavy atom. The highest BCUT2D eigenvalue weighted by Crippen LogP contribution is 2.14. The van der Waals surface area contributed by atoms with Crippen LogP contribution in [0.1, 0.15) is 161 Å². The standard InChI is InChI=1S/C52H95N11O13/c1-15-34(8)43(46(73)57-35(30-65)23-31(2)3)60-42(70)29-56-49(76)52(13,14)63-44(71)36(24-32(4)5)58-40(68)27-53-39(67)26-54-48(75)51(11,12)62-45(72)37(25-33(6)7)59-41(69)28-55-47(74)50(9,10)61-38(66)21-19-17-16-18-20-22-64/h31-37,43,64-65H,15-30H2,1-14H3,(H,53,67)(H,54,75)(H,55,74)(H,56,76)(H,57,73)(H,58,68)(H,59,69)(H,60,70)(H,61,66)(H,62,72)(H,63,71)/t34-,35-,36-,37-,43-/m0/s1. The van der Waals surface area contributed by atoms with E-state index in [0.717, 1.165) is 19.3 Å². The molecule has 0 heterocycles. The Balaban J connectivity index is 5.34. The van der Waals surface area contributed by atoms with Crippen LogP contribution in [-0.4, -0.2) is 155 Å². The average molecular weight is 1080 g/mol. The van der Waals surface area contributed by atoms with Crippen LogP contribution < -0.4 is 58.5 Å². The maximum Gasteiger partial charge on any atom is 0.245 e. The Hall–Kier alpha value is -5.91. The number of rotatable bonds is 37. The number of unbranched alkanes of at least 4 members (excludes halogenated alkanes) is 4. The van der Waals surface area contributed by atoms with Crippen molar-refractivity contribution in [2.75, 3.05) is 39.4 Å². The molecule has 13 N–H and O–H groups in total. The summed E-state index contributed by atoms with van der Waals surface area (Å²) in [5, 5.41) is 46.8. The van der Waals surface area contributed by atoms with Crippen LogP contribution >= 0.6 is 0 Å². The molecular weight excluding hydrogens is 987 g/mol. The summed E-state index contributed by atoms with van der Waals surface area (Å²) in [6.07, 6.45) is 5.47. The normalized spacial score (nSPS) is 13.7. The van der Waals surface area contributed by atoms with E-state index >= 15 is 0 Å². The number of nitrogens with one attached hydrogen (secondary N) is 11. The molecule has 0 bridgehead atoms. The number of hydrogen-bond donors (Lipinski definition) is 13. The van der Waals surface area contributed by atoms with Gasteiger partial charge >= 0.3 is 0 Å². The van der Waals surface area contributed by atoms with E-state index < -0.39 is 126 Å². The lowest BCUT2D eigenvalue weighted by Crippen LogP contribution is -2.61. The number of carbonyl (C=O) groups excluding carboxylic acids is 11. The van der Waals surface area contributed by atoms with Crippen LogP contribution in [0, 0.1) is 23.7 Å². The van der Waals surface area contributed by atoms with E-state index in [4.69, 9.17) is 5.11 Å². The molecule has 24 nitrogen and oxygen atoms in total.